The molecule has 2 aromatic heterocycles. The van der Waals surface area contributed by atoms with Crippen molar-refractivity contribution in [2.24, 2.45) is 12.8 Å². The fraction of sp³-hybridized carbons (Fsp3) is 0.333. The van der Waals surface area contributed by atoms with Gasteiger partial charge in [-0.25, -0.2) is 13.8 Å². The lowest BCUT2D eigenvalue weighted by Crippen LogP contribution is -2.47. The number of benzene rings is 1. The van der Waals surface area contributed by atoms with Crippen molar-refractivity contribution in [1.29, 1.82) is 0 Å². The first-order valence-electron chi connectivity index (χ1n) is 9.97. The molecule has 0 spiro atoms. The van der Waals surface area contributed by atoms with Crippen molar-refractivity contribution in [1.82, 2.24) is 13.7 Å². The highest BCUT2D eigenvalue weighted by atomic mass is 127. The molecule has 9 nitrogen and oxygen atoms in total. The summed E-state index contributed by atoms with van der Waals surface area (Å²) in [6, 6.07) is 3.06. The standard InChI is InChI=1S/C21H21FIN5O4/c1-9-16-15(17(26(3)18(9)29)25-14-7-4-11(23)8-13(14)22)20(31)27(12-5-6-12)21(32)28(16)19(30)10(2)24/h4,7-8,10,12,25H,5-6,24H2,1-3H3. The number of rotatable bonds is 4. The summed E-state index contributed by atoms with van der Waals surface area (Å²) >= 11 is 1.96. The molecule has 0 bridgehead atoms. The van der Waals surface area contributed by atoms with Crippen LogP contribution in [0.2, 0.25) is 0 Å². The molecule has 1 aliphatic carbocycles. The molecule has 0 radical (unpaired) electrons. The third-order valence-electron chi connectivity index (χ3n) is 5.55. The average molecular weight is 553 g/mol. The molecule has 1 fully saturated rings. The van der Waals surface area contributed by atoms with Crippen molar-refractivity contribution in [2.75, 3.05) is 5.32 Å². The van der Waals surface area contributed by atoms with Crippen LogP contribution in [0.5, 0.6) is 0 Å². The molecule has 3 aromatic rings. The summed E-state index contributed by atoms with van der Waals surface area (Å²) in [4.78, 5) is 52.6. The molecule has 1 unspecified atom stereocenters. The van der Waals surface area contributed by atoms with Crippen LogP contribution in [0.15, 0.2) is 32.6 Å². The van der Waals surface area contributed by atoms with E-state index in [1.54, 1.807) is 6.07 Å². The lowest BCUT2D eigenvalue weighted by atomic mass is 10.1. The minimum absolute atomic E-state index is 0.0127. The Morgan fingerprint density at radius 1 is 1.25 bits per heavy atom. The zero-order valence-corrected chi connectivity index (χ0v) is 19.8. The van der Waals surface area contributed by atoms with Gasteiger partial charge in [0.1, 0.15) is 17.0 Å². The van der Waals surface area contributed by atoms with Crippen LogP contribution in [-0.2, 0) is 7.05 Å². The molecule has 3 N–H and O–H groups in total. The number of hydrogen-bond acceptors (Lipinski definition) is 6. The molecule has 0 amide bonds. The lowest BCUT2D eigenvalue weighted by Gasteiger charge is -2.20. The van der Waals surface area contributed by atoms with E-state index in [0.29, 0.717) is 16.4 Å². The smallest absolute Gasteiger partial charge is 0.338 e. The van der Waals surface area contributed by atoms with E-state index in [9.17, 15) is 23.6 Å². The van der Waals surface area contributed by atoms with Crippen LogP contribution >= 0.6 is 22.6 Å². The highest BCUT2D eigenvalue weighted by molar-refractivity contribution is 14.1. The second-order valence-corrected chi connectivity index (χ2v) is 9.21. The Hall–Kier alpha value is -2.80. The molecular formula is C21H21FIN5O4. The third-order valence-corrected chi connectivity index (χ3v) is 6.22. The number of aromatic nitrogens is 3. The van der Waals surface area contributed by atoms with E-state index in [1.165, 1.54) is 37.6 Å². The van der Waals surface area contributed by atoms with Crippen molar-refractivity contribution < 1.29 is 9.18 Å². The number of fused-ring (bicyclic) bond motifs is 1. The van der Waals surface area contributed by atoms with Crippen LogP contribution < -0.4 is 27.9 Å². The van der Waals surface area contributed by atoms with Gasteiger partial charge in [-0.1, -0.05) is 0 Å². The van der Waals surface area contributed by atoms with Gasteiger partial charge in [-0.15, -0.1) is 0 Å². The fourth-order valence-corrected chi connectivity index (χ4v) is 4.20. The number of carbonyl (C=O) groups is 1. The summed E-state index contributed by atoms with van der Waals surface area (Å²) in [6.07, 6.45) is 1.23. The van der Waals surface area contributed by atoms with Gasteiger partial charge in [0.25, 0.3) is 17.0 Å². The van der Waals surface area contributed by atoms with Crippen LogP contribution in [0.1, 0.15) is 36.2 Å². The summed E-state index contributed by atoms with van der Waals surface area (Å²) in [5.41, 5.74) is 3.73. The summed E-state index contributed by atoms with van der Waals surface area (Å²) in [6.45, 7) is 2.86. The Balaban J connectivity index is 2.18. The summed E-state index contributed by atoms with van der Waals surface area (Å²) in [5.74, 6) is -1.33. The number of carbonyl (C=O) groups excluding carboxylic acids is 1. The number of nitrogens with two attached hydrogens (primary N) is 1. The first-order valence-corrected chi connectivity index (χ1v) is 11.0. The number of aryl methyl sites for hydroxylation is 1. The second-order valence-electron chi connectivity index (χ2n) is 7.96. The van der Waals surface area contributed by atoms with Gasteiger partial charge in [0, 0.05) is 22.2 Å². The van der Waals surface area contributed by atoms with E-state index in [4.69, 9.17) is 5.73 Å². The van der Waals surface area contributed by atoms with Gasteiger partial charge in [0.15, 0.2) is 0 Å². The zero-order valence-electron chi connectivity index (χ0n) is 17.6. The first kappa shape index (κ1) is 22.4. The van der Waals surface area contributed by atoms with Crippen molar-refractivity contribution >= 4 is 50.9 Å². The predicted octanol–water partition coefficient (Wildman–Crippen LogP) is 1.98. The monoisotopic (exact) mass is 553 g/mol. The molecule has 2 heterocycles. The fourth-order valence-electron chi connectivity index (χ4n) is 3.74. The van der Waals surface area contributed by atoms with E-state index >= 15 is 0 Å². The van der Waals surface area contributed by atoms with E-state index in [2.05, 4.69) is 5.32 Å². The number of hydrogen-bond donors (Lipinski definition) is 2. The molecule has 0 saturated heterocycles. The molecule has 1 aromatic carbocycles. The van der Waals surface area contributed by atoms with E-state index in [-0.39, 0.29) is 34.0 Å². The van der Waals surface area contributed by atoms with E-state index in [0.717, 1.165) is 9.13 Å². The molecule has 1 saturated carbocycles. The third kappa shape index (κ3) is 3.48. The van der Waals surface area contributed by atoms with Gasteiger partial charge in [-0.05, 0) is 67.5 Å². The van der Waals surface area contributed by atoms with Crippen molar-refractivity contribution in [3.05, 3.63) is 64.3 Å². The van der Waals surface area contributed by atoms with Gasteiger partial charge < -0.3 is 11.1 Å². The highest BCUT2D eigenvalue weighted by Crippen LogP contribution is 2.33. The number of nitrogens with zero attached hydrogens (tertiary/aromatic N) is 3. The van der Waals surface area contributed by atoms with Crippen LogP contribution in [-0.4, -0.2) is 25.7 Å². The Kier molecular flexibility index (Phi) is 5.57. The van der Waals surface area contributed by atoms with E-state index < -0.39 is 34.6 Å². The summed E-state index contributed by atoms with van der Waals surface area (Å²) in [7, 11) is 1.44. The van der Waals surface area contributed by atoms with Crippen molar-refractivity contribution in [3.63, 3.8) is 0 Å². The minimum Gasteiger partial charge on any atom is -0.338 e. The van der Waals surface area contributed by atoms with Gasteiger partial charge in [0.2, 0.25) is 0 Å². The molecular weight excluding hydrogens is 532 g/mol. The summed E-state index contributed by atoms with van der Waals surface area (Å²) in [5, 5.41) is 2.78. The molecule has 1 atom stereocenters. The summed E-state index contributed by atoms with van der Waals surface area (Å²) < 4.78 is 18.3. The maximum absolute atomic E-state index is 14.6. The normalized spacial score (nSPS) is 14.6. The van der Waals surface area contributed by atoms with Crippen LogP contribution in [0.3, 0.4) is 0 Å². The number of nitrogens with one attached hydrogen (secondary N) is 1. The van der Waals surface area contributed by atoms with Gasteiger partial charge in [-0.2, -0.15) is 0 Å². The van der Waals surface area contributed by atoms with Crippen molar-refractivity contribution in [3.8, 4) is 0 Å². The number of pyridine rings is 1. The Morgan fingerprint density at radius 2 is 1.91 bits per heavy atom. The van der Waals surface area contributed by atoms with Gasteiger partial charge >= 0.3 is 5.69 Å². The molecule has 32 heavy (non-hydrogen) atoms. The maximum Gasteiger partial charge on any atom is 0.338 e. The highest BCUT2D eigenvalue weighted by Gasteiger charge is 2.33. The molecule has 1 aliphatic rings. The number of halogens is 2. The van der Waals surface area contributed by atoms with Crippen LogP contribution in [0.4, 0.5) is 15.9 Å². The maximum atomic E-state index is 14.6. The Morgan fingerprint density at radius 3 is 2.47 bits per heavy atom. The minimum atomic E-state index is -1.05. The Bertz CT molecular complexity index is 1470. The SMILES string of the molecule is Cc1c(=O)n(C)c(Nc2ccc(I)cc2F)c2c(=O)n(C3CC3)c(=O)n(C(=O)C(C)N)c12. The molecule has 4 rings (SSSR count). The van der Waals surface area contributed by atoms with Crippen LogP contribution in [0.25, 0.3) is 10.9 Å². The quantitative estimate of drug-likeness (QED) is 0.477. The second kappa shape index (κ2) is 7.96. The largest absolute Gasteiger partial charge is 0.338 e. The first-order chi connectivity index (χ1) is 15.0. The van der Waals surface area contributed by atoms with Gasteiger partial charge in [-0.3, -0.25) is 23.5 Å². The number of anilines is 2. The average Bonchev–Trinajstić information content (AvgIpc) is 3.55. The molecule has 168 valence electrons. The predicted molar refractivity (Wildman–Crippen MR) is 127 cm³/mol. The Labute approximate surface area is 194 Å². The van der Waals surface area contributed by atoms with Crippen molar-refractivity contribution in [2.45, 2.75) is 38.8 Å². The lowest BCUT2D eigenvalue weighted by molar-refractivity contribution is 0.0884. The topological polar surface area (TPSA) is 121 Å². The zero-order chi connectivity index (χ0) is 23.5. The van der Waals surface area contributed by atoms with E-state index in [1.807, 2.05) is 22.6 Å². The molecule has 0 aliphatic heterocycles. The van der Waals surface area contributed by atoms with Gasteiger partial charge in [0.05, 0.1) is 17.2 Å². The molecule has 11 heteroatoms. The van der Waals surface area contributed by atoms with Crippen LogP contribution in [0, 0.1) is 16.3 Å².